The van der Waals surface area contributed by atoms with Crippen molar-refractivity contribution in [2.75, 3.05) is 6.54 Å². The van der Waals surface area contributed by atoms with Gasteiger partial charge < -0.3 is 10.0 Å². The Kier molecular flexibility index (Phi) is 3.92. The van der Waals surface area contributed by atoms with Crippen LogP contribution < -0.4 is 0 Å². The Morgan fingerprint density at radius 2 is 2.36 bits per heavy atom. The fourth-order valence-corrected chi connectivity index (χ4v) is 1.84. The van der Waals surface area contributed by atoms with Gasteiger partial charge in [-0.2, -0.15) is 0 Å². The third-order valence-corrected chi connectivity index (χ3v) is 2.65. The summed E-state index contributed by atoms with van der Waals surface area (Å²) in [7, 11) is 0. The molecule has 1 N–H and O–H groups in total. The number of hydrogen-bond donors (Lipinski definition) is 1. The molecule has 0 aromatic heterocycles. The van der Waals surface area contributed by atoms with Crippen molar-refractivity contribution in [3.8, 4) is 0 Å². The predicted molar refractivity (Wildman–Crippen MR) is 51.9 cm³/mol. The van der Waals surface area contributed by atoms with E-state index in [0.717, 1.165) is 19.4 Å². The van der Waals surface area contributed by atoms with E-state index in [1.54, 1.807) is 0 Å². The molecular weight excluding hydrogens is 182 g/mol. The third kappa shape index (κ3) is 3.01. The van der Waals surface area contributed by atoms with Crippen molar-refractivity contribution in [3.63, 3.8) is 0 Å². The molecule has 1 atom stereocenters. The van der Waals surface area contributed by atoms with E-state index in [2.05, 4.69) is 0 Å². The van der Waals surface area contributed by atoms with Crippen molar-refractivity contribution in [1.29, 1.82) is 0 Å². The van der Waals surface area contributed by atoms with Gasteiger partial charge in [-0.05, 0) is 26.2 Å². The molecule has 1 unspecified atom stereocenters. The zero-order valence-corrected chi connectivity index (χ0v) is 8.53. The summed E-state index contributed by atoms with van der Waals surface area (Å²) in [6.07, 6.45) is 3.25. The minimum atomic E-state index is -0.759. The molecule has 0 saturated carbocycles. The van der Waals surface area contributed by atoms with E-state index in [1.165, 1.54) is 0 Å². The standard InChI is InChI=1S/C10H17NO3/c1-8(4-2-6-10(13)14)11-7-3-5-9(11)12/h8H,2-7H2,1H3,(H,13,14). The van der Waals surface area contributed by atoms with E-state index < -0.39 is 5.97 Å². The summed E-state index contributed by atoms with van der Waals surface area (Å²) >= 11 is 0. The van der Waals surface area contributed by atoms with Gasteiger partial charge in [0.15, 0.2) is 0 Å². The number of rotatable bonds is 5. The highest BCUT2D eigenvalue weighted by molar-refractivity contribution is 5.78. The molecule has 1 aliphatic rings. The first-order valence-corrected chi connectivity index (χ1v) is 5.12. The Bertz CT molecular complexity index is 227. The molecule has 4 heteroatoms. The molecule has 80 valence electrons. The molecule has 1 heterocycles. The predicted octanol–water partition coefficient (Wildman–Crippen LogP) is 1.25. The second-order valence-corrected chi connectivity index (χ2v) is 3.83. The van der Waals surface area contributed by atoms with Gasteiger partial charge in [0.1, 0.15) is 0 Å². The zero-order valence-electron chi connectivity index (χ0n) is 8.53. The molecule has 14 heavy (non-hydrogen) atoms. The molecule has 1 saturated heterocycles. The lowest BCUT2D eigenvalue weighted by molar-refractivity contribution is -0.137. The average Bonchev–Trinajstić information content (AvgIpc) is 2.50. The summed E-state index contributed by atoms with van der Waals surface area (Å²) < 4.78 is 0. The monoisotopic (exact) mass is 199 g/mol. The Morgan fingerprint density at radius 3 is 2.86 bits per heavy atom. The van der Waals surface area contributed by atoms with Crippen molar-refractivity contribution < 1.29 is 14.7 Å². The molecule has 1 rings (SSSR count). The van der Waals surface area contributed by atoms with E-state index >= 15 is 0 Å². The summed E-state index contributed by atoms with van der Waals surface area (Å²) in [6.45, 7) is 2.83. The number of carboxylic acid groups (broad SMARTS) is 1. The lowest BCUT2D eigenvalue weighted by Crippen LogP contribution is -2.33. The van der Waals surface area contributed by atoms with Gasteiger partial charge in [-0.3, -0.25) is 9.59 Å². The van der Waals surface area contributed by atoms with Crippen molar-refractivity contribution in [3.05, 3.63) is 0 Å². The van der Waals surface area contributed by atoms with Crippen molar-refractivity contribution >= 4 is 11.9 Å². The van der Waals surface area contributed by atoms with Crippen LogP contribution in [0.5, 0.6) is 0 Å². The molecule has 0 aliphatic carbocycles. The summed E-state index contributed by atoms with van der Waals surface area (Å²) in [6, 6.07) is 0.198. The summed E-state index contributed by atoms with van der Waals surface area (Å²) in [4.78, 5) is 23.5. The van der Waals surface area contributed by atoms with Gasteiger partial charge in [-0.1, -0.05) is 0 Å². The van der Waals surface area contributed by atoms with Crippen LogP contribution in [0.25, 0.3) is 0 Å². The van der Waals surface area contributed by atoms with E-state index in [4.69, 9.17) is 5.11 Å². The first kappa shape index (κ1) is 11.0. The van der Waals surface area contributed by atoms with E-state index in [-0.39, 0.29) is 18.4 Å². The Morgan fingerprint density at radius 1 is 1.64 bits per heavy atom. The normalized spacial score (nSPS) is 18.6. The molecule has 1 fully saturated rings. The van der Waals surface area contributed by atoms with Crippen LogP contribution in [0.3, 0.4) is 0 Å². The average molecular weight is 199 g/mol. The van der Waals surface area contributed by atoms with Crippen LogP contribution in [0, 0.1) is 0 Å². The maximum atomic E-state index is 11.3. The topological polar surface area (TPSA) is 57.6 Å². The molecule has 0 aromatic carbocycles. The highest BCUT2D eigenvalue weighted by atomic mass is 16.4. The first-order chi connectivity index (χ1) is 6.61. The van der Waals surface area contributed by atoms with Gasteiger partial charge in [-0.15, -0.1) is 0 Å². The maximum absolute atomic E-state index is 11.3. The number of carboxylic acids is 1. The molecule has 1 aliphatic heterocycles. The van der Waals surface area contributed by atoms with Crippen molar-refractivity contribution in [1.82, 2.24) is 4.90 Å². The van der Waals surface area contributed by atoms with Crippen LogP contribution >= 0.6 is 0 Å². The highest BCUT2D eigenvalue weighted by Gasteiger charge is 2.24. The summed E-state index contributed by atoms with van der Waals surface area (Å²) in [5.74, 6) is -0.544. The quantitative estimate of drug-likeness (QED) is 0.725. The molecule has 0 aromatic rings. The van der Waals surface area contributed by atoms with Crippen LogP contribution in [0.4, 0.5) is 0 Å². The van der Waals surface area contributed by atoms with Crippen LogP contribution in [0.2, 0.25) is 0 Å². The second-order valence-electron chi connectivity index (χ2n) is 3.83. The number of carbonyl (C=O) groups is 2. The summed E-state index contributed by atoms with van der Waals surface area (Å²) in [5.41, 5.74) is 0. The second kappa shape index (κ2) is 4.98. The van der Waals surface area contributed by atoms with Gasteiger partial charge in [0.2, 0.25) is 5.91 Å². The third-order valence-electron chi connectivity index (χ3n) is 2.65. The van der Waals surface area contributed by atoms with E-state index in [9.17, 15) is 9.59 Å². The van der Waals surface area contributed by atoms with Gasteiger partial charge in [0, 0.05) is 25.4 Å². The fraction of sp³-hybridized carbons (Fsp3) is 0.800. The van der Waals surface area contributed by atoms with Gasteiger partial charge in [0.05, 0.1) is 0 Å². The van der Waals surface area contributed by atoms with E-state index in [0.29, 0.717) is 12.8 Å². The number of likely N-dealkylation sites (tertiary alicyclic amines) is 1. The molecule has 0 radical (unpaired) electrons. The SMILES string of the molecule is CC(CCCC(=O)O)N1CCCC1=O. The van der Waals surface area contributed by atoms with Gasteiger partial charge in [-0.25, -0.2) is 0 Å². The maximum Gasteiger partial charge on any atom is 0.303 e. The number of nitrogens with zero attached hydrogens (tertiary/aromatic N) is 1. The number of hydrogen-bond acceptors (Lipinski definition) is 2. The molecule has 0 spiro atoms. The Labute approximate surface area is 83.9 Å². The first-order valence-electron chi connectivity index (χ1n) is 5.12. The van der Waals surface area contributed by atoms with Crippen molar-refractivity contribution in [2.24, 2.45) is 0 Å². The molecule has 4 nitrogen and oxygen atoms in total. The number of aliphatic carboxylic acids is 1. The van der Waals surface area contributed by atoms with Crippen LogP contribution in [-0.2, 0) is 9.59 Å². The highest BCUT2D eigenvalue weighted by Crippen LogP contribution is 2.16. The molecule has 1 amide bonds. The number of carbonyl (C=O) groups excluding carboxylic acids is 1. The smallest absolute Gasteiger partial charge is 0.303 e. The minimum absolute atomic E-state index is 0.198. The fourth-order valence-electron chi connectivity index (χ4n) is 1.84. The molecule has 0 bridgehead atoms. The largest absolute Gasteiger partial charge is 0.481 e. The van der Waals surface area contributed by atoms with Crippen LogP contribution in [-0.4, -0.2) is 34.5 Å². The summed E-state index contributed by atoms with van der Waals surface area (Å²) in [5, 5.41) is 8.46. The number of amides is 1. The lowest BCUT2D eigenvalue weighted by atomic mass is 10.1. The van der Waals surface area contributed by atoms with Crippen molar-refractivity contribution in [2.45, 2.75) is 45.1 Å². The van der Waals surface area contributed by atoms with Crippen LogP contribution in [0.15, 0.2) is 0 Å². The van der Waals surface area contributed by atoms with Crippen LogP contribution in [0.1, 0.15) is 39.0 Å². The zero-order chi connectivity index (χ0) is 10.6. The lowest BCUT2D eigenvalue weighted by Gasteiger charge is -2.23. The molecular formula is C10H17NO3. The van der Waals surface area contributed by atoms with E-state index in [1.807, 2.05) is 11.8 Å². The minimum Gasteiger partial charge on any atom is -0.481 e. The van der Waals surface area contributed by atoms with Gasteiger partial charge in [0.25, 0.3) is 0 Å². The van der Waals surface area contributed by atoms with Gasteiger partial charge >= 0.3 is 5.97 Å². The Balaban J connectivity index is 2.23. The Hall–Kier alpha value is -1.06.